The summed E-state index contributed by atoms with van der Waals surface area (Å²) >= 11 is 0. The first-order valence-electron chi connectivity index (χ1n) is 13.2. The average molecular weight is 579 g/mol. The number of aryl methyl sites for hydroxylation is 2. The highest BCUT2D eigenvalue weighted by Gasteiger charge is 2.40. The monoisotopic (exact) mass is 578 g/mol. The number of anilines is 2. The van der Waals surface area contributed by atoms with E-state index >= 15 is 0 Å². The number of aliphatic carboxylic acids is 1. The Hall–Kier alpha value is -5.27. The summed E-state index contributed by atoms with van der Waals surface area (Å²) in [5, 5.41) is 18.9. The van der Waals surface area contributed by atoms with Crippen molar-refractivity contribution < 1.29 is 38.6 Å². The van der Waals surface area contributed by atoms with Crippen molar-refractivity contribution in [1.29, 1.82) is 0 Å². The van der Waals surface area contributed by atoms with Crippen molar-refractivity contribution >= 4 is 46.9 Å². The van der Waals surface area contributed by atoms with E-state index in [4.69, 9.17) is 9.84 Å². The molecule has 3 aromatic rings. The second-order valence-corrected chi connectivity index (χ2v) is 9.55. The van der Waals surface area contributed by atoms with Gasteiger partial charge in [-0.1, -0.05) is 13.0 Å². The van der Waals surface area contributed by atoms with Gasteiger partial charge in [-0.2, -0.15) is 5.10 Å². The Labute approximate surface area is 240 Å². The molecule has 0 saturated heterocycles. The van der Waals surface area contributed by atoms with Crippen molar-refractivity contribution in [3.63, 3.8) is 0 Å². The van der Waals surface area contributed by atoms with Gasteiger partial charge < -0.3 is 25.2 Å². The number of carboxylic acid groups (broad SMARTS) is 1. The van der Waals surface area contributed by atoms with E-state index in [0.717, 1.165) is 16.9 Å². The van der Waals surface area contributed by atoms with Crippen LogP contribution in [-0.4, -0.2) is 73.8 Å². The highest BCUT2D eigenvalue weighted by atomic mass is 16.7. The number of rotatable bonds is 11. The van der Waals surface area contributed by atoms with E-state index in [2.05, 4.69) is 25.5 Å². The minimum absolute atomic E-state index is 0.188. The topological polar surface area (TPSA) is 182 Å². The van der Waals surface area contributed by atoms with Gasteiger partial charge in [0.15, 0.2) is 5.82 Å². The molecule has 42 heavy (non-hydrogen) atoms. The van der Waals surface area contributed by atoms with Gasteiger partial charge in [0.1, 0.15) is 11.8 Å². The summed E-state index contributed by atoms with van der Waals surface area (Å²) in [5.74, 6) is -2.80. The number of amides is 3. The number of nitrogens with zero attached hydrogens (tertiary/aromatic N) is 4. The molecule has 1 fully saturated rings. The van der Waals surface area contributed by atoms with Crippen LogP contribution in [0, 0.1) is 13.8 Å². The zero-order chi connectivity index (χ0) is 30.4. The molecule has 14 nitrogen and oxygen atoms in total. The molecule has 0 aliphatic heterocycles. The van der Waals surface area contributed by atoms with Gasteiger partial charge in [-0.15, -0.1) is 0 Å². The standard InChI is InChI=1S/C28H30N6O8/c1-4-11-29-26(38)18-6-5-16(2)21(12-18)32-25-24-17(3)20(13-33(24)31-14-30-25)27(39)34(19-7-8-19)28(40)42-15-41-23(37)10-9-22(35)36/h5-6,9-10,12-14,19H,4,7-8,11,15H2,1-3H3,(H,29,38)(H,35,36)(H,30,31,32). The molecule has 2 aromatic heterocycles. The number of ether oxygens (including phenoxy) is 2. The lowest BCUT2D eigenvalue weighted by Gasteiger charge is -2.19. The first-order chi connectivity index (χ1) is 20.1. The van der Waals surface area contributed by atoms with Crippen LogP contribution in [0.15, 0.2) is 42.9 Å². The summed E-state index contributed by atoms with van der Waals surface area (Å²) < 4.78 is 11.1. The van der Waals surface area contributed by atoms with Crippen LogP contribution in [0.4, 0.5) is 16.3 Å². The fourth-order valence-electron chi connectivity index (χ4n) is 4.09. The molecule has 1 aliphatic carbocycles. The summed E-state index contributed by atoms with van der Waals surface area (Å²) in [4.78, 5) is 66.3. The van der Waals surface area contributed by atoms with Crippen molar-refractivity contribution in [2.45, 2.75) is 46.1 Å². The molecule has 1 aromatic carbocycles. The molecule has 0 spiro atoms. The highest BCUT2D eigenvalue weighted by molar-refractivity contribution is 6.06. The quantitative estimate of drug-likeness (QED) is 0.173. The van der Waals surface area contributed by atoms with Crippen LogP contribution in [0.3, 0.4) is 0 Å². The lowest BCUT2D eigenvalue weighted by Crippen LogP contribution is -2.39. The summed E-state index contributed by atoms with van der Waals surface area (Å²) in [7, 11) is 0. The summed E-state index contributed by atoms with van der Waals surface area (Å²) in [6.07, 6.45) is 5.03. The van der Waals surface area contributed by atoms with E-state index < -0.39 is 30.7 Å². The number of carboxylic acids is 1. The molecule has 220 valence electrons. The number of fused-ring (bicyclic) bond motifs is 1. The van der Waals surface area contributed by atoms with Gasteiger partial charge in [-0.25, -0.2) is 28.8 Å². The highest BCUT2D eigenvalue weighted by Crippen LogP contribution is 2.32. The van der Waals surface area contributed by atoms with Crippen LogP contribution in [0.5, 0.6) is 0 Å². The van der Waals surface area contributed by atoms with Gasteiger partial charge in [0.25, 0.3) is 11.8 Å². The van der Waals surface area contributed by atoms with Crippen molar-refractivity contribution in [3.05, 3.63) is 65.1 Å². The number of hydrogen-bond acceptors (Lipinski definition) is 10. The summed E-state index contributed by atoms with van der Waals surface area (Å²) in [6, 6.07) is 4.89. The van der Waals surface area contributed by atoms with Crippen LogP contribution in [-0.2, 0) is 19.1 Å². The fourth-order valence-corrected chi connectivity index (χ4v) is 4.09. The molecule has 0 atom stereocenters. The van der Waals surface area contributed by atoms with Gasteiger partial charge in [0.05, 0.1) is 5.56 Å². The molecule has 0 radical (unpaired) electrons. The largest absolute Gasteiger partial charge is 0.478 e. The van der Waals surface area contributed by atoms with Crippen molar-refractivity contribution in [3.8, 4) is 0 Å². The predicted molar refractivity (Wildman–Crippen MR) is 148 cm³/mol. The maximum absolute atomic E-state index is 13.6. The predicted octanol–water partition coefficient (Wildman–Crippen LogP) is 3.11. The zero-order valence-electron chi connectivity index (χ0n) is 23.2. The first kappa shape index (κ1) is 29.7. The maximum atomic E-state index is 13.6. The number of hydrogen-bond donors (Lipinski definition) is 3. The second kappa shape index (κ2) is 12.9. The second-order valence-electron chi connectivity index (χ2n) is 9.55. The lowest BCUT2D eigenvalue weighted by atomic mass is 10.1. The summed E-state index contributed by atoms with van der Waals surface area (Å²) in [5.41, 5.74) is 3.16. The Morgan fingerprint density at radius 1 is 1.14 bits per heavy atom. The van der Waals surface area contributed by atoms with Crippen LogP contribution in [0.1, 0.15) is 58.0 Å². The molecule has 3 N–H and O–H groups in total. The van der Waals surface area contributed by atoms with E-state index in [1.165, 1.54) is 17.0 Å². The molecule has 4 rings (SSSR count). The number of aromatic nitrogens is 3. The van der Waals surface area contributed by atoms with E-state index in [9.17, 15) is 24.0 Å². The van der Waals surface area contributed by atoms with Crippen molar-refractivity contribution in [2.75, 3.05) is 18.7 Å². The third kappa shape index (κ3) is 6.89. The Balaban J connectivity index is 1.55. The van der Waals surface area contributed by atoms with E-state index in [0.29, 0.717) is 59.7 Å². The Morgan fingerprint density at radius 3 is 2.60 bits per heavy atom. The average Bonchev–Trinajstić information content (AvgIpc) is 3.73. The number of nitrogens with one attached hydrogen (secondary N) is 2. The third-order valence-corrected chi connectivity index (χ3v) is 6.42. The third-order valence-electron chi connectivity index (χ3n) is 6.42. The summed E-state index contributed by atoms with van der Waals surface area (Å²) in [6.45, 7) is 5.31. The SMILES string of the molecule is CCCNC(=O)c1ccc(C)c(Nc2ncnn3cc(C(=O)N(C(=O)OCOC(=O)C=CC(=O)O)C4CC4)c(C)c23)c1. The molecule has 0 bridgehead atoms. The smallest absolute Gasteiger partial charge is 0.419 e. The minimum Gasteiger partial charge on any atom is -0.478 e. The minimum atomic E-state index is -1.34. The van der Waals surface area contributed by atoms with E-state index in [1.54, 1.807) is 19.1 Å². The van der Waals surface area contributed by atoms with Crippen LogP contribution in [0.2, 0.25) is 0 Å². The van der Waals surface area contributed by atoms with Gasteiger partial charge in [0.2, 0.25) is 6.79 Å². The number of carbonyl (C=O) groups excluding carboxylic acids is 4. The van der Waals surface area contributed by atoms with Crippen molar-refractivity contribution in [1.82, 2.24) is 24.8 Å². The van der Waals surface area contributed by atoms with Crippen LogP contribution >= 0.6 is 0 Å². The molecule has 14 heteroatoms. The van der Waals surface area contributed by atoms with Gasteiger partial charge in [-0.05, 0) is 56.4 Å². The van der Waals surface area contributed by atoms with Gasteiger partial charge >= 0.3 is 18.0 Å². The molecule has 1 aliphatic rings. The Morgan fingerprint density at radius 2 is 1.90 bits per heavy atom. The molecule has 2 heterocycles. The Bertz CT molecular complexity index is 1580. The first-order valence-corrected chi connectivity index (χ1v) is 13.2. The molecule has 1 saturated carbocycles. The van der Waals surface area contributed by atoms with Crippen molar-refractivity contribution in [2.24, 2.45) is 0 Å². The van der Waals surface area contributed by atoms with E-state index in [1.807, 2.05) is 19.9 Å². The Kier molecular flexibility index (Phi) is 9.15. The number of imide groups is 1. The van der Waals surface area contributed by atoms with Gasteiger partial charge in [0, 0.05) is 42.2 Å². The molecular formula is C28H30N6O8. The molecule has 3 amide bonds. The zero-order valence-corrected chi connectivity index (χ0v) is 23.2. The molecular weight excluding hydrogens is 548 g/mol. The lowest BCUT2D eigenvalue weighted by molar-refractivity contribution is -0.146. The maximum Gasteiger partial charge on any atom is 0.419 e. The van der Waals surface area contributed by atoms with E-state index in [-0.39, 0.29) is 17.5 Å². The fraction of sp³-hybridized carbons (Fsp3) is 0.321. The number of benzene rings is 1. The normalized spacial score (nSPS) is 12.6. The van der Waals surface area contributed by atoms with Crippen LogP contribution < -0.4 is 10.6 Å². The number of esters is 1. The molecule has 0 unspecified atom stereocenters. The number of carbonyl (C=O) groups is 5. The van der Waals surface area contributed by atoms with Crippen LogP contribution in [0.25, 0.3) is 5.52 Å². The van der Waals surface area contributed by atoms with Gasteiger partial charge in [-0.3, -0.25) is 9.59 Å².